The third-order valence-electron chi connectivity index (χ3n) is 7.54. The number of aryl methyl sites for hydroxylation is 4. The minimum absolute atomic E-state index is 0.0788. The molecule has 0 aliphatic heterocycles. The van der Waals surface area contributed by atoms with Crippen LogP contribution in [0.3, 0.4) is 0 Å². The molecule has 190 valence electrons. The first-order valence-electron chi connectivity index (χ1n) is 12.5. The van der Waals surface area contributed by atoms with E-state index in [-0.39, 0.29) is 11.3 Å². The summed E-state index contributed by atoms with van der Waals surface area (Å²) in [6.45, 7) is 20.1. The van der Waals surface area contributed by atoms with E-state index in [1.54, 1.807) is 6.07 Å². The van der Waals surface area contributed by atoms with Crippen LogP contribution in [0, 0.1) is 70.8 Å². The SMILES string of the molecule is [C-]#[N+]/C(C#N)=C(/C#N)c1cc2oc3cc(N(c4cc(C)c(C)c(C)c4)c4cc(C)c(C)c(C)c4)ccc3c2s1. The maximum atomic E-state index is 9.58. The van der Waals surface area contributed by atoms with Crippen molar-refractivity contribution in [3.05, 3.63) is 104 Å². The summed E-state index contributed by atoms with van der Waals surface area (Å²) in [5.41, 5.74) is 11.9. The molecule has 5 rings (SSSR count). The minimum Gasteiger partial charge on any atom is -0.455 e. The number of benzene rings is 3. The van der Waals surface area contributed by atoms with Gasteiger partial charge in [-0.1, -0.05) is 0 Å². The highest BCUT2D eigenvalue weighted by Crippen LogP contribution is 2.43. The number of thiophene rings is 1. The summed E-state index contributed by atoms with van der Waals surface area (Å²) in [5.74, 6) is 0. The molecule has 0 N–H and O–H groups in total. The largest absolute Gasteiger partial charge is 0.455 e. The smallest absolute Gasteiger partial charge is 0.280 e. The lowest BCUT2D eigenvalue weighted by atomic mass is 10.00. The van der Waals surface area contributed by atoms with Crippen LogP contribution < -0.4 is 4.90 Å². The van der Waals surface area contributed by atoms with Gasteiger partial charge in [-0.2, -0.15) is 5.26 Å². The van der Waals surface area contributed by atoms with Gasteiger partial charge in [0.25, 0.3) is 5.70 Å². The van der Waals surface area contributed by atoms with Crippen molar-refractivity contribution in [2.24, 2.45) is 0 Å². The Kier molecular flexibility index (Phi) is 6.49. The van der Waals surface area contributed by atoms with Crippen LogP contribution in [0.15, 0.2) is 58.6 Å². The molecule has 0 amide bonds. The maximum Gasteiger partial charge on any atom is 0.280 e. The van der Waals surface area contributed by atoms with E-state index < -0.39 is 0 Å². The Morgan fingerprint density at radius 2 is 1.33 bits per heavy atom. The van der Waals surface area contributed by atoms with Crippen LogP contribution in [-0.4, -0.2) is 0 Å². The van der Waals surface area contributed by atoms with Gasteiger partial charge in [-0.05, 0) is 117 Å². The molecule has 6 heteroatoms. The molecule has 3 aromatic carbocycles. The van der Waals surface area contributed by atoms with Crippen molar-refractivity contribution in [1.82, 2.24) is 0 Å². The highest BCUT2D eigenvalue weighted by atomic mass is 32.1. The van der Waals surface area contributed by atoms with Crippen molar-refractivity contribution in [3.63, 3.8) is 0 Å². The number of hydrogen-bond acceptors (Lipinski definition) is 5. The lowest BCUT2D eigenvalue weighted by molar-refractivity contribution is 0.670. The Hall–Kier alpha value is -4.83. The second-order valence-corrected chi connectivity index (χ2v) is 10.9. The van der Waals surface area contributed by atoms with E-state index in [1.807, 2.05) is 18.2 Å². The van der Waals surface area contributed by atoms with Crippen LogP contribution in [0.2, 0.25) is 0 Å². The zero-order valence-corrected chi connectivity index (χ0v) is 23.5. The van der Waals surface area contributed by atoms with Gasteiger partial charge in [0.1, 0.15) is 11.2 Å². The van der Waals surface area contributed by atoms with E-state index in [4.69, 9.17) is 11.0 Å². The Morgan fingerprint density at radius 3 is 1.82 bits per heavy atom. The van der Waals surface area contributed by atoms with Gasteiger partial charge in [0.05, 0.1) is 29.0 Å². The quantitative estimate of drug-likeness (QED) is 0.173. The van der Waals surface area contributed by atoms with Gasteiger partial charge >= 0.3 is 0 Å². The fraction of sp³-hybridized carbons (Fsp3) is 0.182. The summed E-state index contributed by atoms with van der Waals surface area (Å²) in [6.07, 6.45) is 0. The maximum absolute atomic E-state index is 9.58. The summed E-state index contributed by atoms with van der Waals surface area (Å²) in [5, 5.41) is 19.8. The molecule has 5 nitrogen and oxygen atoms in total. The molecule has 2 heterocycles. The van der Waals surface area contributed by atoms with Gasteiger partial charge in [0.2, 0.25) is 0 Å². The van der Waals surface area contributed by atoms with Crippen LogP contribution in [-0.2, 0) is 0 Å². The molecule has 0 unspecified atom stereocenters. The van der Waals surface area contributed by atoms with Crippen LogP contribution in [0.25, 0.3) is 31.7 Å². The monoisotopic (exact) mass is 526 g/mol. The van der Waals surface area contributed by atoms with E-state index in [0.29, 0.717) is 10.5 Å². The zero-order chi connectivity index (χ0) is 28.0. The molecule has 0 saturated carbocycles. The fourth-order valence-electron chi connectivity index (χ4n) is 4.89. The lowest BCUT2D eigenvalue weighted by Crippen LogP contribution is -2.11. The van der Waals surface area contributed by atoms with Crippen molar-refractivity contribution in [1.29, 1.82) is 10.5 Å². The Morgan fingerprint density at radius 1 is 0.769 bits per heavy atom. The summed E-state index contributed by atoms with van der Waals surface area (Å²) in [6, 6.07) is 20.7. The van der Waals surface area contributed by atoms with Gasteiger partial charge in [-0.3, -0.25) is 0 Å². The second kappa shape index (κ2) is 9.80. The normalized spacial score (nSPS) is 11.7. The van der Waals surface area contributed by atoms with Gasteiger partial charge in [0.15, 0.2) is 0 Å². The van der Waals surface area contributed by atoms with Crippen molar-refractivity contribution in [2.45, 2.75) is 41.5 Å². The summed E-state index contributed by atoms with van der Waals surface area (Å²) in [7, 11) is 0. The van der Waals surface area contributed by atoms with E-state index >= 15 is 0 Å². The molecule has 0 spiro atoms. The highest BCUT2D eigenvalue weighted by Gasteiger charge is 2.20. The Bertz CT molecular complexity index is 1850. The molecule has 0 aliphatic rings. The van der Waals surface area contributed by atoms with Gasteiger partial charge < -0.3 is 9.32 Å². The minimum atomic E-state index is -0.212. The summed E-state index contributed by atoms with van der Waals surface area (Å²) >= 11 is 1.36. The van der Waals surface area contributed by atoms with Crippen LogP contribution >= 0.6 is 11.3 Å². The number of anilines is 3. The van der Waals surface area contributed by atoms with Gasteiger partial charge in [-0.15, -0.1) is 11.3 Å². The van der Waals surface area contributed by atoms with Crippen LogP contribution in [0.1, 0.15) is 38.3 Å². The zero-order valence-electron chi connectivity index (χ0n) is 22.7. The van der Waals surface area contributed by atoms with Crippen molar-refractivity contribution < 1.29 is 4.42 Å². The molecule has 5 aromatic rings. The fourth-order valence-corrected chi connectivity index (χ4v) is 6.00. The molecule has 0 bridgehead atoms. The molecule has 0 fully saturated rings. The first kappa shape index (κ1) is 25.8. The highest BCUT2D eigenvalue weighted by molar-refractivity contribution is 7.21. The van der Waals surface area contributed by atoms with Gasteiger partial charge in [0, 0.05) is 33.4 Å². The number of nitrogens with zero attached hydrogens (tertiary/aromatic N) is 4. The number of allylic oxidation sites excluding steroid dienone is 2. The number of hydrogen-bond donors (Lipinski definition) is 0. The molecule has 2 aromatic heterocycles. The third-order valence-corrected chi connectivity index (χ3v) is 8.71. The first-order valence-corrected chi connectivity index (χ1v) is 13.3. The second-order valence-electron chi connectivity index (χ2n) is 9.89. The molecule has 0 radical (unpaired) electrons. The molecule has 0 aliphatic carbocycles. The summed E-state index contributed by atoms with van der Waals surface area (Å²) < 4.78 is 7.15. The first-order chi connectivity index (χ1) is 18.7. The average molecular weight is 527 g/mol. The van der Waals surface area contributed by atoms with Crippen LogP contribution in [0.5, 0.6) is 0 Å². The third kappa shape index (κ3) is 4.34. The molecule has 0 atom stereocenters. The molecule has 39 heavy (non-hydrogen) atoms. The van der Waals surface area contributed by atoms with E-state index in [1.165, 1.54) is 44.7 Å². The van der Waals surface area contributed by atoms with E-state index in [9.17, 15) is 10.5 Å². The predicted octanol–water partition coefficient (Wildman–Crippen LogP) is 9.65. The summed E-state index contributed by atoms with van der Waals surface area (Å²) in [4.78, 5) is 6.04. The number of rotatable bonds is 4. The predicted molar refractivity (Wildman–Crippen MR) is 159 cm³/mol. The lowest BCUT2D eigenvalue weighted by Gasteiger charge is -2.28. The van der Waals surface area contributed by atoms with Crippen molar-refractivity contribution in [3.8, 4) is 12.1 Å². The topological polar surface area (TPSA) is 68.3 Å². The van der Waals surface area contributed by atoms with Crippen LogP contribution in [0.4, 0.5) is 17.1 Å². The standard InChI is InChI=1S/C33H26N4OS/c1-18-10-25(11-19(2)22(18)5)37(26-12-20(3)23(6)21(4)13-26)24-8-9-27-30(14-24)38-31-15-32(39-33(27)31)28(16-34)29(17-35)36-7/h8-15H,1-6H3/b29-28-. The Labute approximate surface area is 232 Å². The van der Waals surface area contributed by atoms with Gasteiger partial charge in [-0.25, -0.2) is 10.1 Å². The van der Waals surface area contributed by atoms with Crippen molar-refractivity contribution >= 4 is 55.2 Å². The number of fused-ring (bicyclic) bond motifs is 3. The average Bonchev–Trinajstić information content (AvgIpc) is 3.46. The van der Waals surface area contributed by atoms with E-state index in [0.717, 1.165) is 32.7 Å². The number of nitriles is 2. The molecule has 0 saturated heterocycles. The molecular formula is C33H26N4OS. The van der Waals surface area contributed by atoms with Crippen molar-refractivity contribution in [2.75, 3.05) is 4.90 Å². The van der Waals surface area contributed by atoms with E-state index in [2.05, 4.69) is 87.7 Å². The Balaban J connectivity index is 1.70. The molecular weight excluding hydrogens is 500 g/mol. The number of furan rings is 1.